The van der Waals surface area contributed by atoms with Gasteiger partial charge in [0.1, 0.15) is 22.1 Å². The molecule has 0 atom stereocenters. The fourth-order valence-electron chi connectivity index (χ4n) is 2.54. The Labute approximate surface area is 174 Å². The summed E-state index contributed by atoms with van der Waals surface area (Å²) in [7, 11) is -1.12. The summed E-state index contributed by atoms with van der Waals surface area (Å²) in [5.74, 6) is 0.211. The van der Waals surface area contributed by atoms with Gasteiger partial charge in [-0.25, -0.2) is 13.4 Å². The summed E-state index contributed by atoms with van der Waals surface area (Å²) >= 11 is 0. The van der Waals surface area contributed by atoms with Crippen molar-refractivity contribution in [3.8, 4) is 11.5 Å². The predicted octanol–water partition coefficient (Wildman–Crippen LogP) is 2.86. The first-order valence-corrected chi connectivity index (χ1v) is 10.3. The van der Waals surface area contributed by atoms with E-state index in [1.165, 1.54) is 44.8 Å². The number of nitrogens with zero attached hydrogens (tertiary/aromatic N) is 2. The number of hydrogen-bond donors (Lipinski definition) is 2. The maximum absolute atomic E-state index is 12.9. The van der Waals surface area contributed by atoms with Crippen molar-refractivity contribution in [1.29, 1.82) is 0 Å². The van der Waals surface area contributed by atoms with Crippen molar-refractivity contribution in [2.75, 3.05) is 24.3 Å². The molecule has 0 aliphatic carbocycles. The summed E-state index contributed by atoms with van der Waals surface area (Å²) in [6, 6.07) is 10.7. The van der Waals surface area contributed by atoms with Crippen LogP contribution in [0.3, 0.4) is 0 Å². The van der Waals surface area contributed by atoms with Gasteiger partial charge in [-0.2, -0.15) is 0 Å². The van der Waals surface area contributed by atoms with Gasteiger partial charge in [0.25, 0.3) is 15.9 Å². The van der Waals surface area contributed by atoms with Gasteiger partial charge in [-0.1, -0.05) is 0 Å². The van der Waals surface area contributed by atoms with Crippen LogP contribution in [0.1, 0.15) is 16.2 Å². The molecule has 0 unspecified atom stereocenters. The topological polar surface area (TPSA) is 120 Å². The largest absolute Gasteiger partial charge is 0.497 e. The van der Waals surface area contributed by atoms with Crippen molar-refractivity contribution < 1.29 is 22.7 Å². The zero-order valence-corrected chi connectivity index (χ0v) is 17.4. The van der Waals surface area contributed by atoms with E-state index >= 15 is 0 Å². The number of hydrogen-bond acceptors (Lipinski definition) is 7. The molecule has 0 bridgehead atoms. The lowest BCUT2D eigenvalue weighted by atomic mass is 10.3. The number of sulfonamides is 1. The van der Waals surface area contributed by atoms with Crippen molar-refractivity contribution >= 4 is 27.3 Å². The second kappa shape index (κ2) is 8.78. The summed E-state index contributed by atoms with van der Waals surface area (Å²) in [5, 5.41) is 2.61. The molecule has 10 heteroatoms. The zero-order valence-electron chi connectivity index (χ0n) is 16.5. The second-order valence-electron chi connectivity index (χ2n) is 6.20. The van der Waals surface area contributed by atoms with Gasteiger partial charge in [-0.05, 0) is 49.4 Å². The van der Waals surface area contributed by atoms with Crippen LogP contribution >= 0.6 is 0 Å². The van der Waals surface area contributed by atoms with Crippen molar-refractivity contribution in [2.24, 2.45) is 0 Å². The average molecular weight is 428 g/mol. The molecule has 0 aliphatic heterocycles. The van der Waals surface area contributed by atoms with E-state index in [4.69, 9.17) is 9.47 Å². The molecule has 3 rings (SSSR count). The number of aromatic nitrogens is 2. The molecule has 0 spiro atoms. The molecule has 1 aromatic heterocycles. The SMILES string of the molecule is COc1ccc(NS(=O)(=O)c2cc(NC(=O)c3cnc(C)cn3)ccc2OC)cc1. The Kier molecular flexibility index (Phi) is 6.17. The molecule has 0 fully saturated rings. The number of aryl methyl sites for hydroxylation is 1. The molecule has 30 heavy (non-hydrogen) atoms. The highest BCUT2D eigenvalue weighted by molar-refractivity contribution is 7.92. The van der Waals surface area contributed by atoms with Crippen molar-refractivity contribution in [1.82, 2.24) is 9.97 Å². The van der Waals surface area contributed by atoms with Crippen LogP contribution in [0.4, 0.5) is 11.4 Å². The Bertz CT molecular complexity index is 1150. The van der Waals surface area contributed by atoms with Gasteiger partial charge in [0.2, 0.25) is 0 Å². The molecule has 1 amide bonds. The number of benzene rings is 2. The highest BCUT2D eigenvalue weighted by Crippen LogP contribution is 2.29. The summed E-state index contributed by atoms with van der Waals surface area (Å²) < 4.78 is 38.6. The van der Waals surface area contributed by atoms with Gasteiger partial charge in [0, 0.05) is 17.6 Å². The summed E-state index contributed by atoms with van der Waals surface area (Å²) in [4.78, 5) is 20.3. The van der Waals surface area contributed by atoms with E-state index in [1.54, 1.807) is 31.2 Å². The lowest BCUT2D eigenvalue weighted by Gasteiger charge is -2.14. The average Bonchev–Trinajstić information content (AvgIpc) is 2.74. The summed E-state index contributed by atoms with van der Waals surface area (Å²) in [6.45, 7) is 1.76. The van der Waals surface area contributed by atoms with Crippen LogP contribution in [0.5, 0.6) is 11.5 Å². The molecule has 0 radical (unpaired) electrons. The normalized spacial score (nSPS) is 10.9. The van der Waals surface area contributed by atoms with Gasteiger partial charge in [-0.3, -0.25) is 14.5 Å². The van der Waals surface area contributed by atoms with E-state index in [-0.39, 0.29) is 22.0 Å². The van der Waals surface area contributed by atoms with E-state index < -0.39 is 15.9 Å². The summed E-state index contributed by atoms with van der Waals surface area (Å²) in [6.07, 6.45) is 2.81. The quantitative estimate of drug-likeness (QED) is 0.594. The highest BCUT2D eigenvalue weighted by Gasteiger charge is 2.21. The van der Waals surface area contributed by atoms with E-state index in [0.717, 1.165) is 0 Å². The van der Waals surface area contributed by atoms with Crippen LogP contribution in [-0.2, 0) is 10.0 Å². The minimum absolute atomic E-state index is 0.109. The van der Waals surface area contributed by atoms with E-state index in [2.05, 4.69) is 20.0 Å². The number of carbonyl (C=O) groups excluding carboxylic acids is 1. The maximum atomic E-state index is 12.9. The Morgan fingerprint density at radius 1 is 0.933 bits per heavy atom. The molecular formula is C20H20N4O5S. The first kappa shape index (κ1) is 21.1. The fourth-order valence-corrected chi connectivity index (χ4v) is 3.79. The van der Waals surface area contributed by atoms with Gasteiger partial charge in [0.05, 0.1) is 26.1 Å². The zero-order chi connectivity index (χ0) is 21.7. The van der Waals surface area contributed by atoms with Gasteiger partial charge < -0.3 is 14.8 Å². The number of methoxy groups -OCH3 is 2. The van der Waals surface area contributed by atoms with Crippen LogP contribution in [0.25, 0.3) is 0 Å². The smallest absolute Gasteiger partial charge is 0.275 e. The van der Waals surface area contributed by atoms with E-state index in [0.29, 0.717) is 17.1 Å². The first-order chi connectivity index (χ1) is 14.3. The molecule has 2 N–H and O–H groups in total. The Morgan fingerprint density at radius 3 is 2.23 bits per heavy atom. The number of carbonyl (C=O) groups is 1. The van der Waals surface area contributed by atoms with Gasteiger partial charge in [0.15, 0.2) is 0 Å². The molecule has 0 aliphatic rings. The molecule has 0 saturated carbocycles. The number of anilines is 2. The number of rotatable bonds is 7. The minimum atomic E-state index is -4.00. The lowest BCUT2D eigenvalue weighted by Crippen LogP contribution is -2.17. The van der Waals surface area contributed by atoms with Crippen LogP contribution in [0.2, 0.25) is 0 Å². The van der Waals surface area contributed by atoms with Gasteiger partial charge >= 0.3 is 0 Å². The number of ether oxygens (including phenoxy) is 2. The third-order valence-corrected chi connectivity index (χ3v) is 5.47. The molecule has 9 nitrogen and oxygen atoms in total. The number of amides is 1. The molecule has 0 saturated heterocycles. The molecule has 156 valence electrons. The molecule has 1 heterocycles. The van der Waals surface area contributed by atoms with Gasteiger partial charge in [-0.15, -0.1) is 0 Å². The van der Waals surface area contributed by atoms with Crippen LogP contribution < -0.4 is 19.5 Å². The van der Waals surface area contributed by atoms with Crippen molar-refractivity contribution in [3.63, 3.8) is 0 Å². The van der Waals surface area contributed by atoms with Crippen LogP contribution in [0.15, 0.2) is 59.8 Å². The Morgan fingerprint density at radius 2 is 1.63 bits per heavy atom. The third kappa shape index (κ3) is 4.84. The van der Waals surface area contributed by atoms with Crippen LogP contribution in [-0.4, -0.2) is 38.5 Å². The molecule has 2 aromatic carbocycles. The number of nitrogens with one attached hydrogen (secondary N) is 2. The van der Waals surface area contributed by atoms with Crippen LogP contribution in [0, 0.1) is 6.92 Å². The highest BCUT2D eigenvalue weighted by atomic mass is 32.2. The lowest BCUT2D eigenvalue weighted by molar-refractivity contribution is 0.102. The summed E-state index contributed by atoms with van der Waals surface area (Å²) in [5.41, 5.74) is 1.40. The molecule has 3 aromatic rings. The Balaban J connectivity index is 1.87. The monoisotopic (exact) mass is 428 g/mol. The van der Waals surface area contributed by atoms with E-state index in [1.807, 2.05) is 0 Å². The van der Waals surface area contributed by atoms with E-state index in [9.17, 15) is 13.2 Å². The Hall–Kier alpha value is -3.66. The van der Waals surface area contributed by atoms with Crippen molar-refractivity contribution in [3.05, 3.63) is 66.2 Å². The second-order valence-corrected chi connectivity index (χ2v) is 7.85. The standard InChI is InChI=1S/C20H20N4O5S/c1-13-11-22-17(12-21-13)20(25)23-15-6-9-18(29-3)19(10-15)30(26,27)24-14-4-7-16(28-2)8-5-14/h4-12,24H,1-3H3,(H,23,25). The first-order valence-electron chi connectivity index (χ1n) is 8.77. The van der Waals surface area contributed by atoms with Crippen molar-refractivity contribution in [2.45, 2.75) is 11.8 Å². The third-order valence-electron chi connectivity index (χ3n) is 4.07. The maximum Gasteiger partial charge on any atom is 0.275 e. The molecular weight excluding hydrogens is 408 g/mol. The fraction of sp³-hybridized carbons (Fsp3) is 0.150. The predicted molar refractivity (Wildman–Crippen MR) is 112 cm³/mol. The minimum Gasteiger partial charge on any atom is -0.497 e.